The molecule has 0 saturated carbocycles. The van der Waals surface area contributed by atoms with Crippen LogP contribution >= 0.6 is 12.2 Å². The van der Waals surface area contributed by atoms with Crippen molar-refractivity contribution in [3.05, 3.63) is 10.6 Å². The number of rotatable bonds is 3. The molecule has 0 atom stereocenters. The number of aryl methyl sites for hydroxylation is 1. The van der Waals surface area contributed by atoms with Crippen LogP contribution in [0.2, 0.25) is 0 Å². The average molecular weight is 173 g/mol. The van der Waals surface area contributed by atoms with E-state index in [9.17, 15) is 4.79 Å². The standard InChI is InChI=1S/C5H7N3O2S/c9-4(10)2-1-3-6-5(11)8-7-3/h1-2H2,(H,9,10)(H2,6,7,8,11). The molecule has 3 N–H and O–H groups in total. The summed E-state index contributed by atoms with van der Waals surface area (Å²) in [7, 11) is 0. The van der Waals surface area contributed by atoms with Crippen molar-refractivity contribution in [1.82, 2.24) is 15.2 Å². The molecule has 0 aliphatic carbocycles. The Labute approximate surface area is 67.5 Å². The molecule has 0 aliphatic rings. The van der Waals surface area contributed by atoms with E-state index in [1.54, 1.807) is 0 Å². The molecule has 0 bridgehead atoms. The summed E-state index contributed by atoms with van der Waals surface area (Å²) in [6, 6.07) is 0. The molecule has 0 fully saturated rings. The number of aromatic amines is 2. The second kappa shape index (κ2) is 3.29. The lowest BCUT2D eigenvalue weighted by Gasteiger charge is -1.88. The highest BCUT2D eigenvalue weighted by atomic mass is 32.1. The number of aromatic nitrogens is 3. The fraction of sp³-hybridized carbons (Fsp3) is 0.400. The summed E-state index contributed by atoms with van der Waals surface area (Å²) < 4.78 is 0.352. The molecule has 5 nitrogen and oxygen atoms in total. The monoisotopic (exact) mass is 173 g/mol. The minimum Gasteiger partial charge on any atom is -0.481 e. The first-order valence-electron chi connectivity index (χ1n) is 3.04. The lowest BCUT2D eigenvalue weighted by molar-refractivity contribution is -0.137. The van der Waals surface area contributed by atoms with E-state index in [0.717, 1.165) is 0 Å². The molecule has 0 spiro atoms. The Bertz CT molecular complexity index is 303. The Hall–Kier alpha value is -1.17. The van der Waals surface area contributed by atoms with Gasteiger partial charge in [0.15, 0.2) is 0 Å². The molecule has 0 amide bonds. The van der Waals surface area contributed by atoms with Crippen molar-refractivity contribution in [3.63, 3.8) is 0 Å². The Balaban J connectivity index is 2.51. The maximum atomic E-state index is 10.1. The van der Waals surface area contributed by atoms with E-state index in [1.807, 2.05) is 0 Å². The van der Waals surface area contributed by atoms with E-state index >= 15 is 0 Å². The molecule has 60 valence electrons. The maximum absolute atomic E-state index is 10.1. The molecule has 1 aromatic heterocycles. The van der Waals surface area contributed by atoms with Crippen LogP contribution in [0.5, 0.6) is 0 Å². The number of carboxylic acids is 1. The number of hydrogen-bond donors (Lipinski definition) is 3. The predicted octanol–water partition coefficient (Wildman–Crippen LogP) is 0.484. The SMILES string of the molecule is O=C(O)CCc1nc(=S)[nH][nH]1. The van der Waals surface area contributed by atoms with Crippen molar-refractivity contribution >= 4 is 18.2 Å². The number of nitrogens with one attached hydrogen (secondary N) is 2. The summed E-state index contributed by atoms with van der Waals surface area (Å²) in [4.78, 5) is 13.9. The van der Waals surface area contributed by atoms with Crippen LogP contribution in [-0.4, -0.2) is 26.3 Å². The fourth-order valence-corrected chi connectivity index (χ4v) is 0.809. The molecule has 0 aromatic carbocycles. The largest absolute Gasteiger partial charge is 0.481 e. The number of aliphatic carboxylic acids is 1. The van der Waals surface area contributed by atoms with Gasteiger partial charge < -0.3 is 5.11 Å². The summed E-state index contributed by atoms with van der Waals surface area (Å²) in [6.45, 7) is 0. The van der Waals surface area contributed by atoms with Gasteiger partial charge in [-0.05, 0) is 12.2 Å². The second-order valence-corrected chi connectivity index (χ2v) is 2.39. The summed E-state index contributed by atoms with van der Waals surface area (Å²) in [6.07, 6.45) is 0.443. The van der Waals surface area contributed by atoms with Crippen LogP contribution in [0.3, 0.4) is 0 Å². The predicted molar refractivity (Wildman–Crippen MR) is 39.7 cm³/mol. The number of hydrogen-bond acceptors (Lipinski definition) is 3. The van der Waals surface area contributed by atoms with Crippen LogP contribution < -0.4 is 0 Å². The molecule has 0 saturated heterocycles. The van der Waals surface area contributed by atoms with E-state index in [-0.39, 0.29) is 6.42 Å². The van der Waals surface area contributed by atoms with E-state index in [2.05, 4.69) is 27.4 Å². The minimum atomic E-state index is -0.840. The van der Waals surface area contributed by atoms with Crippen LogP contribution in [0, 0.1) is 4.77 Å². The topological polar surface area (TPSA) is 81.8 Å². The van der Waals surface area contributed by atoms with Crippen molar-refractivity contribution in [2.45, 2.75) is 12.8 Å². The van der Waals surface area contributed by atoms with Gasteiger partial charge >= 0.3 is 5.97 Å². The van der Waals surface area contributed by atoms with Gasteiger partial charge in [-0.15, -0.1) is 0 Å². The average Bonchev–Trinajstić information content (AvgIpc) is 2.31. The molecule has 0 aliphatic heterocycles. The fourth-order valence-electron chi connectivity index (χ4n) is 0.648. The van der Waals surface area contributed by atoms with Gasteiger partial charge in [-0.2, -0.15) is 0 Å². The number of carbonyl (C=O) groups is 1. The third-order valence-electron chi connectivity index (χ3n) is 1.13. The Morgan fingerprint density at radius 3 is 2.82 bits per heavy atom. The molecule has 0 unspecified atom stereocenters. The first-order valence-corrected chi connectivity index (χ1v) is 3.44. The molecule has 1 heterocycles. The molecule has 11 heavy (non-hydrogen) atoms. The molecular formula is C5H7N3O2S. The first-order chi connectivity index (χ1) is 5.18. The smallest absolute Gasteiger partial charge is 0.303 e. The van der Waals surface area contributed by atoms with Gasteiger partial charge in [0.25, 0.3) is 0 Å². The first kappa shape index (κ1) is 7.93. The number of carboxylic acid groups (broad SMARTS) is 1. The van der Waals surface area contributed by atoms with Crippen LogP contribution in [0.25, 0.3) is 0 Å². The number of nitrogens with zero attached hydrogens (tertiary/aromatic N) is 1. The molecule has 1 rings (SSSR count). The van der Waals surface area contributed by atoms with Gasteiger partial charge in [0.2, 0.25) is 4.77 Å². The van der Waals surface area contributed by atoms with Gasteiger partial charge in [0, 0.05) is 6.42 Å². The Morgan fingerprint density at radius 2 is 2.36 bits per heavy atom. The van der Waals surface area contributed by atoms with Crippen molar-refractivity contribution in [2.75, 3.05) is 0 Å². The zero-order chi connectivity index (χ0) is 8.27. The van der Waals surface area contributed by atoms with Crippen molar-refractivity contribution < 1.29 is 9.90 Å². The van der Waals surface area contributed by atoms with Gasteiger partial charge in [0.1, 0.15) is 5.82 Å². The van der Waals surface area contributed by atoms with Crippen molar-refractivity contribution in [2.24, 2.45) is 0 Å². The molecule has 0 radical (unpaired) electrons. The summed E-state index contributed by atoms with van der Waals surface area (Å²) in [5, 5.41) is 13.5. The Morgan fingerprint density at radius 1 is 1.64 bits per heavy atom. The highest BCUT2D eigenvalue weighted by Crippen LogP contribution is 1.93. The zero-order valence-electron chi connectivity index (χ0n) is 5.63. The van der Waals surface area contributed by atoms with Crippen LogP contribution in [0.15, 0.2) is 0 Å². The lowest BCUT2D eigenvalue weighted by Crippen LogP contribution is -1.98. The third kappa shape index (κ3) is 2.50. The highest BCUT2D eigenvalue weighted by Gasteiger charge is 2.00. The van der Waals surface area contributed by atoms with Crippen LogP contribution in [0.4, 0.5) is 0 Å². The van der Waals surface area contributed by atoms with Crippen LogP contribution in [-0.2, 0) is 11.2 Å². The van der Waals surface area contributed by atoms with E-state index in [1.165, 1.54) is 0 Å². The minimum absolute atomic E-state index is 0.0656. The quantitative estimate of drug-likeness (QED) is 0.581. The zero-order valence-corrected chi connectivity index (χ0v) is 6.44. The van der Waals surface area contributed by atoms with Gasteiger partial charge in [-0.25, -0.2) is 4.98 Å². The maximum Gasteiger partial charge on any atom is 0.303 e. The molecule has 6 heteroatoms. The summed E-state index contributed by atoms with van der Waals surface area (Å²) >= 11 is 4.67. The van der Waals surface area contributed by atoms with Gasteiger partial charge in [-0.3, -0.25) is 15.0 Å². The second-order valence-electron chi connectivity index (χ2n) is 2.01. The summed E-state index contributed by atoms with van der Waals surface area (Å²) in [5.74, 6) is -0.260. The van der Waals surface area contributed by atoms with E-state index < -0.39 is 5.97 Å². The van der Waals surface area contributed by atoms with E-state index in [0.29, 0.717) is 17.0 Å². The van der Waals surface area contributed by atoms with Gasteiger partial charge in [-0.1, -0.05) is 0 Å². The van der Waals surface area contributed by atoms with E-state index in [4.69, 9.17) is 5.11 Å². The van der Waals surface area contributed by atoms with Gasteiger partial charge in [0.05, 0.1) is 6.42 Å². The normalized spacial score (nSPS) is 9.82. The number of H-pyrrole nitrogens is 2. The molecular weight excluding hydrogens is 166 g/mol. The lowest BCUT2D eigenvalue weighted by atomic mass is 10.3. The van der Waals surface area contributed by atoms with Crippen molar-refractivity contribution in [3.8, 4) is 0 Å². The van der Waals surface area contributed by atoms with Crippen LogP contribution in [0.1, 0.15) is 12.2 Å². The Kier molecular flexibility index (Phi) is 2.37. The third-order valence-corrected chi connectivity index (χ3v) is 1.32. The summed E-state index contributed by atoms with van der Waals surface area (Å²) in [5.41, 5.74) is 0. The molecule has 1 aromatic rings. The highest BCUT2D eigenvalue weighted by molar-refractivity contribution is 7.71. The van der Waals surface area contributed by atoms with Crippen molar-refractivity contribution in [1.29, 1.82) is 0 Å².